The maximum atomic E-state index is 13.7. The summed E-state index contributed by atoms with van der Waals surface area (Å²) < 4.78 is 11.7. The third-order valence-corrected chi connectivity index (χ3v) is 6.02. The zero-order chi connectivity index (χ0) is 26.5. The van der Waals surface area contributed by atoms with Gasteiger partial charge in [-0.3, -0.25) is 9.59 Å². The summed E-state index contributed by atoms with van der Waals surface area (Å²) in [6.45, 7) is 4.79. The van der Waals surface area contributed by atoms with Crippen molar-refractivity contribution in [2.24, 2.45) is 0 Å². The van der Waals surface area contributed by atoms with Crippen LogP contribution >= 0.6 is 0 Å². The van der Waals surface area contributed by atoms with E-state index in [0.29, 0.717) is 41.5 Å². The van der Waals surface area contributed by atoms with Gasteiger partial charge in [0.05, 0.1) is 39.3 Å². The van der Waals surface area contributed by atoms with E-state index in [1.54, 1.807) is 42.5 Å². The smallest absolute Gasteiger partial charge is 0.295 e. The van der Waals surface area contributed by atoms with Crippen molar-refractivity contribution in [1.29, 1.82) is 0 Å². The molecule has 1 saturated heterocycles. The van der Waals surface area contributed by atoms with Crippen LogP contribution in [0.15, 0.2) is 84.4 Å². The molecule has 0 bridgehead atoms. The lowest BCUT2D eigenvalue weighted by molar-refractivity contribution is -0.857. The second-order valence-corrected chi connectivity index (χ2v) is 9.61. The Hall–Kier alpha value is -4.10. The predicted octanol–water partition coefficient (Wildman–Crippen LogP) is 2.63. The van der Waals surface area contributed by atoms with Crippen molar-refractivity contribution in [3.05, 3.63) is 95.6 Å². The number of para-hydroxylation sites is 1. The lowest BCUT2D eigenvalue weighted by Gasteiger charge is -2.28. The fraction of sp³-hybridized carbons (Fsp3) is 0.267. The molecule has 192 valence electrons. The normalized spacial score (nSPS) is 17.0. The van der Waals surface area contributed by atoms with Gasteiger partial charge in [0.1, 0.15) is 17.2 Å². The summed E-state index contributed by atoms with van der Waals surface area (Å²) in [7, 11) is 3.95. The van der Waals surface area contributed by atoms with Gasteiger partial charge >= 0.3 is 0 Å². The minimum absolute atomic E-state index is 0.00731. The first kappa shape index (κ1) is 26.0. The maximum absolute atomic E-state index is 13.7. The number of benzene rings is 3. The van der Waals surface area contributed by atoms with Crippen LogP contribution < -0.4 is 19.5 Å². The van der Waals surface area contributed by atoms with Crippen LogP contribution in [0.5, 0.6) is 17.2 Å². The average molecular weight is 501 g/mol. The van der Waals surface area contributed by atoms with Crippen LogP contribution in [0.1, 0.15) is 31.0 Å². The quantitative estimate of drug-likeness (QED) is 0.278. The van der Waals surface area contributed by atoms with Crippen LogP contribution in [-0.2, 0) is 9.59 Å². The molecule has 7 heteroatoms. The molecule has 1 amide bonds. The molecule has 1 unspecified atom stereocenters. The molecule has 1 aliphatic rings. The van der Waals surface area contributed by atoms with Gasteiger partial charge in [0, 0.05) is 5.57 Å². The number of ether oxygens (including phenoxy) is 2. The molecular formula is C30H32N2O5. The van der Waals surface area contributed by atoms with Crippen molar-refractivity contribution in [1.82, 2.24) is 4.90 Å². The van der Waals surface area contributed by atoms with E-state index in [0.717, 1.165) is 4.90 Å². The summed E-state index contributed by atoms with van der Waals surface area (Å²) in [5.74, 6) is -0.0490. The molecule has 0 saturated carbocycles. The Labute approximate surface area is 217 Å². The van der Waals surface area contributed by atoms with Gasteiger partial charge < -0.3 is 24.4 Å². The maximum Gasteiger partial charge on any atom is 0.295 e. The average Bonchev–Trinajstić information content (AvgIpc) is 3.13. The van der Waals surface area contributed by atoms with E-state index in [1.165, 1.54) is 4.90 Å². The number of quaternary nitrogens is 1. The Balaban J connectivity index is 1.76. The van der Waals surface area contributed by atoms with E-state index >= 15 is 0 Å². The largest absolute Gasteiger partial charge is 0.872 e. The van der Waals surface area contributed by atoms with Gasteiger partial charge in [-0.2, -0.15) is 0 Å². The van der Waals surface area contributed by atoms with Crippen molar-refractivity contribution < 1.29 is 29.1 Å². The van der Waals surface area contributed by atoms with Crippen molar-refractivity contribution in [2.75, 3.05) is 27.2 Å². The number of nitrogens with zero attached hydrogens (tertiary/aromatic N) is 1. The van der Waals surface area contributed by atoms with Crippen LogP contribution in [0.3, 0.4) is 0 Å². The number of likely N-dealkylation sites (tertiary alicyclic amines) is 1. The number of hydrogen-bond acceptors (Lipinski definition) is 5. The third-order valence-electron chi connectivity index (χ3n) is 6.02. The van der Waals surface area contributed by atoms with Gasteiger partial charge in [0.15, 0.2) is 0 Å². The van der Waals surface area contributed by atoms with E-state index in [9.17, 15) is 14.7 Å². The Morgan fingerprint density at radius 2 is 1.59 bits per heavy atom. The molecule has 1 aliphatic heterocycles. The minimum Gasteiger partial charge on any atom is -0.872 e. The highest BCUT2D eigenvalue weighted by Crippen LogP contribution is 2.40. The van der Waals surface area contributed by atoms with Gasteiger partial charge in [-0.05, 0) is 61.4 Å². The third kappa shape index (κ3) is 6.01. The highest BCUT2D eigenvalue weighted by Gasteiger charge is 2.44. The van der Waals surface area contributed by atoms with Gasteiger partial charge in [-0.1, -0.05) is 48.2 Å². The minimum atomic E-state index is -0.808. The van der Waals surface area contributed by atoms with E-state index in [-0.39, 0.29) is 11.7 Å². The fourth-order valence-electron chi connectivity index (χ4n) is 4.28. The number of likely N-dealkylation sites (N-methyl/N-ethyl adjacent to an activating group) is 1. The molecule has 1 heterocycles. The summed E-state index contributed by atoms with van der Waals surface area (Å²) >= 11 is 0. The van der Waals surface area contributed by atoms with Crippen LogP contribution in [0.25, 0.3) is 5.76 Å². The number of Topliss-reactive ketones (excluding diaryl/α,β-unsaturated/α-hetero) is 1. The van der Waals surface area contributed by atoms with Crippen LogP contribution in [-0.4, -0.2) is 49.9 Å². The highest BCUT2D eigenvalue weighted by molar-refractivity contribution is 6.46. The second kappa shape index (κ2) is 11.3. The number of carbonyl (C=O) groups excluding carboxylic acids is 2. The molecule has 0 spiro atoms. The Kier molecular flexibility index (Phi) is 7.94. The van der Waals surface area contributed by atoms with E-state index in [1.807, 2.05) is 64.3 Å². The topological polar surface area (TPSA) is 83.3 Å². The zero-order valence-corrected chi connectivity index (χ0v) is 21.6. The van der Waals surface area contributed by atoms with Gasteiger partial charge in [0.25, 0.3) is 5.91 Å². The lowest BCUT2D eigenvalue weighted by atomic mass is 9.95. The molecule has 0 aliphatic carbocycles. The standard InChI is InChI=1S/C30H32N2O5/c1-20(2)36-24-15-13-21(14-16-24)28(33)26-27(32(18-17-31(3)4)30(35)29(26)34)22-9-8-12-25(19-22)37-23-10-6-5-7-11-23/h5-16,19-20,27,33H,17-18H2,1-4H3/b28-26+. The molecule has 3 aromatic carbocycles. The van der Waals surface area contributed by atoms with Crippen molar-refractivity contribution in [3.63, 3.8) is 0 Å². The van der Waals surface area contributed by atoms with Crippen molar-refractivity contribution in [2.45, 2.75) is 26.0 Å². The predicted molar refractivity (Wildman–Crippen MR) is 139 cm³/mol. The van der Waals surface area contributed by atoms with Crippen LogP contribution in [0, 0.1) is 0 Å². The lowest BCUT2D eigenvalue weighted by Crippen LogP contribution is -3.06. The summed E-state index contributed by atoms with van der Waals surface area (Å²) in [4.78, 5) is 29.0. The summed E-state index contributed by atoms with van der Waals surface area (Å²) in [6.07, 6.45) is -0.00731. The van der Waals surface area contributed by atoms with E-state index in [2.05, 4.69) is 0 Å². The SMILES string of the molecule is CC(C)Oc1ccc(/C([O-])=C2\C(=O)C(=O)N(CC[NH+](C)C)C2c2cccc(Oc3ccccc3)c2)cc1. The number of nitrogens with one attached hydrogen (secondary N) is 1. The van der Waals surface area contributed by atoms with Gasteiger partial charge in [-0.15, -0.1) is 0 Å². The molecule has 3 aromatic rings. The van der Waals surface area contributed by atoms with Gasteiger partial charge in [0.2, 0.25) is 5.78 Å². The Morgan fingerprint density at radius 1 is 0.919 bits per heavy atom. The number of ketones is 1. The molecule has 1 fully saturated rings. The molecule has 0 radical (unpaired) electrons. The number of carbonyl (C=O) groups is 2. The second-order valence-electron chi connectivity index (χ2n) is 9.61. The first-order valence-corrected chi connectivity index (χ1v) is 12.4. The molecular weight excluding hydrogens is 468 g/mol. The van der Waals surface area contributed by atoms with Gasteiger partial charge in [-0.25, -0.2) is 0 Å². The van der Waals surface area contributed by atoms with Crippen molar-refractivity contribution >= 4 is 17.4 Å². The molecule has 1 N–H and O–H groups in total. The summed E-state index contributed by atoms with van der Waals surface area (Å²) in [5.41, 5.74) is 0.923. The summed E-state index contributed by atoms with van der Waals surface area (Å²) in [5, 5.41) is 13.7. The number of amides is 1. The monoisotopic (exact) mass is 500 g/mol. The molecule has 0 aromatic heterocycles. The summed E-state index contributed by atoms with van der Waals surface area (Å²) in [6, 6.07) is 22.4. The zero-order valence-electron chi connectivity index (χ0n) is 21.6. The van der Waals surface area contributed by atoms with Crippen LogP contribution in [0.2, 0.25) is 0 Å². The Morgan fingerprint density at radius 3 is 2.24 bits per heavy atom. The highest BCUT2D eigenvalue weighted by atomic mass is 16.5. The first-order valence-electron chi connectivity index (χ1n) is 12.4. The fourth-order valence-corrected chi connectivity index (χ4v) is 4.28. The molecule has 7 nitrogen and oxygen atoms in total. The molecule has 1 atom stereocenters. The molecule has 4 rings (SSSR count). The Bertz CT molecular complexity index is 1280. The first-order chi connectivity index (χ1) is 17.7. The molecule has 37 heavy (non-hydrogen) atoms. The van der Waals surface area contributed by atoms with Crippen LogP contribution in [0.4, 0.5) is 0 Å². The number of rotatable bonds is 9. The van der Waals surface area contributed by atoms with Crippen molar-refractivity contribution in [3.8, 4) is 17.2 Å². The van der Waals surface area contributed by atoms with E-state index in [4.69, 9.17) is 9.47 Å². The van der Waals surface area contributed by atoms with E-state index < -0.39 is 23.5 Å². The number of hydrogen-bond donors (Lipinski definition) is 1.